The van der Waals surface area contributed by atoms with Crippen LogP contribution < -0.4 is 5.32 Å². The highest BCUT2D eigenvalue weighted by atomic mass is 16.3. The van der Waals surface area contributed by atoms with Crippen LogP contribution in [0.2, 0.25) is 0 Å². The van der Waals surface area contributed by atoms with Gasteiger partial charge in [-0.2, -0.15) is 0 Å². The number of β-amino-alcohol motifs (C(OH)–C–C–N with tert-alkyl or cyclic N) is 1. The first-order chi connectivity index (χ1) is 11.7. The van der Waals surface area contributed by atoms with Crippen LogP contribution in [0.4, 0.5) is 4.79 Å². The number of piperazine rings is 1. The van der Waals surface area contributed by atoms with Crippen molar-refractivity contribution in [2.75, 3.05) is 39.3 Å². The third kappa shape index (κ3) is 3.66. The molecule has 1 aromatic carbocycles. The number of hydrogen-bond donors (Lipinski definition) is 2. The number of urea groups is 1. The summed E-state index contributed by atoms with van der Waals surface area (Å²) < 4.78 is 0. The molecule has 1 aliphatic heterocycles. The molecule has 2 N–H and O–H groups in total. The van der Waals surface area contributed by atoms with Gasteiger partial charge >= 0.3 is 6.03 Å². The predicted octanol–water partition coefficient (Wildman–Crippen LogP) is 1.36. The first-order valence-corrected chi connectivity index (χ1v) is 8.38. The Kier molecular flexibility index (Phi) is 5.27. The molecule has 0 unspecified atom stereocenters. The number of hydrogen-bond acceptors (Lipinski definition) is 4. The average molecular weight is 328 g/mol. The Morgan fingerprint density at radius 1 is 1.25 bits per heavy atom. The smallest absolute Gasteiger partial charge is 0.317 e. The van der Waals surface area contributed by atoms with Crippen LogP contribution in [-0.2, 0) is 6.54 Å². The summed E-state index contributed by atoms with van der Waals surface area (Å²) in [6.07, 6.45) is 1.80. The second-order valence-corrected chi connectivity index (χ2v) is 6.15. The highest BCUT2D eigenvalue weighted by Crippen LogP contribution is 2.20. The molecule has 128 valence electrons. The minimum Gasteiger partial charge on any atom is -0.395 e. The van der Waals surface area contributed by atoms with E-state index in [0.29, 0.717) is 26.2 Å². The van der Waals surface area contributed by atoms with E-state index in [1.807, 2.05) is 30.0 Å². The van der Waals surface area contributed by atoms with Gasteiger partial charge in [-0.1, -0.05) is 18.2 Å². The highest BCUT2D eigenvalue weighted by Gasteiger charge is 2.20. The van der Waals surface area contributed by atoms with Crippen LogP contribution in [0, 0.1) is 6.92 Å². The van der Waals surface area contributed by atoms with E-state index < -0.39 is 0 Å². The molecule has 6 heteroatoms. The molecule has 0 atom stereocenters. The van der Waals surface area contributed by atoms with Gasteiger partial charge in [-0.25, -0.2) is 4.79 Å². The van der Waals surface area contributed by atoms with Gasteiger partial charge in [-0.3, -0.25) is 9.88 Å². The summed E-state index contributed by atoms with van der Waals surface area (Å²) in [6, 6.07) is 8.04. The standard InChI is InChI=1S/C18H24N4O2/c1-14-4-5-15(16-3-2-6-19-17(14)16)13-20-18(24)22-9-7-21(8-10-22)11-12-23/h2-6,23H,7-13H2,1H3,(H,20,24). The Morgan fingerprint density at radius 3 is 2.79 bits per heavy atom. The molecular weight excluding hydrogens is 304 g/mol. The fourth-order valence-corrected chi connectivity index (χ4v) is 3.13. The van der Waals surface area contributed by atoms with Crippen LogP contribution in [0.25, 0.3) is 10.9 Å². The van der Waals surface area contributed by atoms with Crippen molar-refractivity contribution in [1.82, 2.24) is 20.1 Å². The predicted molar refractivity (Wildman–Crippen MR) is 93.8 cm³/mol. The van der Waals surface area contributed by atoms with Crippen LogP contribution in [0.3, 0.4) is 0 Å². The molecule has 6 nitrogen and oxygen atoms in total. The number of aliphatic hydroxyl groups excluding tert-OH is 1. The second-order valence-electron chi connectivity index (χ2n) is 6.15. The topological polar surface area (TPSA) is 68.7 Å². The molecule has 0 radical (unpaired) electrons. The largest absolute Gasteiger partial charge is 0.395 e. The second kappa shape index (κ2) is 7.59. The van der Waals surface area contributed by atoms with Crippen molar-refractivity contribution in [1.29, 1.82) is 0 Å². The maximum atomic E-state index is 12.4. The first-order valence-electron chi connectivity index (χ1n) is 8.38. The van der Waals surface area contributed by atoms with Crippen molar-refractivity contribution in [2.45, 2.75) is 13.5 Å². The van der Waals surface area contributed by atoms with Crippen molar-refractivity contribution in [3.05, 3.63) is 41.6 Å². The quantitative estimate of drug-likeness (QED) is 0.889. The van der Waals surface area contributed by atoms with Crippen molar-refractivity contribution < 1.29 is 9.90 Å². The number of amides is 2. The molecule has 0 spiro atoms. The third-order valence-electron chi connectivity index (χ3n) is 4.57. The molecule has 0 saturated carbocycles. The molecular formula is C18H24N4O2. The van der Waals surface area contributed by atoms with Gasteiger partial charge in [0.1, 0.15) is 0 Å². The van der Waals surface area contributed by atoms with Crippen LogP contribution in [0.15, 0.2) is 30.5 Å². The fraction of sp³-hybridized carbons (Fsp3) is 0.444. The van der Waals surface area contributed by atoms with E-state index in [1.165, 1.54) is 0 Å². The van der Waals surface area contributed by atoms with E-state index in [-0.39, 0.29) is 12.6 Å². The lowest BCUT2D eigenvalue weighted by Gasteiger charge is -2.34. The van der Waals surface area contributed by atoms with Crippen LogP contribution in [-0.4, -0.2) is 65.3 Å². The summed E-state index contributed by atoms with van der Waals surface area (Å²) in [7, 11) is 0. The Labute approximate surface area is 142 Å². The molecule has 2 aromatic rings. The van der Waals surface area contributed by atoms with Crippen LogP contribution in [0.1, 0.15) is 11.1 Å². The number of nitrogens with zero attached hydrogens (tertiary/aromatic N) is 3. The molecule has 1 aliphatic rings. The average Bonchev–Trinajstić information content (AvgIpc) is 2.62. The van der Waals surface area contributed by atoms with Gasteiger partial charge in [-0.05, 0) is 24.1 Å². The SMILES string of the molecule is Cc1ccc(CNC(=O)N2CCN(CCO)CC2)c2cccnc12. The molecule has 1 saturated heterocycles. The lowest BCUT2D eigenvalue weighted by atomic mass is 10.0. The minimum absolute atomic E-state index is 0.0312. The van der Waals surface area contributed by atoms with Crippen LogP contribution in [0.5, 0.6) is 0 Å². The molecule has 2 heterocycles. The Balaban J connectivity index is 1.60. The molecule has 1 fully saturated rings. The van der Waals surface area contributed by atoms with Gasteiger partial charge in [0, 0.05) is 50.9 Å². The zero-order valence-corrected chi connectivity index (χ0v) is 14.0. The zero-order valence-electron chi connectivity index (χ0n) is 14.0. The highest BCUT2D eigenvalue weighted by molar-refractivity contribution is 5.85. The fourth-order valence-electron chi connectivity index (χ4n) is 3.13. The minimum atomic E-state index is -0.0312. The number of aliphatic hydroxyl groups is 1. The van der Waals surface area contributed by atoms with Crippen molar-refractivity contribution in [3.63, 3.8) is 0 Å². The van der Waals surface area contributed by atoms with E-state index in [9.17, 15) is 4.79 Å². The molecule has 24 heavy (non-hydrogen) atoms. The third-order valence-corrected chi connectivity index (χ3v) is 4.57. The normalized spacial score (nSPS) is 15.7. The number of benzene rings is 1. The summed E-state index contributed by atoms with van der Waals surface area (Å²) in [5.74, 6) is 0. The maximum Gasteiger partial charge on any atom is 0.317 e. The summed E-state index contributed by atoms with van der Waals surface area (Å²) in [5, 5.41) is 13.1. The number of fused-ring (bicyclic) bond motifs is 1. The van der Waals surface area contributed by atoms with Gasteiger partial charge in [0.25, 0.3) is 0 Å². The number of nitrogens with one attached hydrogen (secondary N) is 1. The van der Waals surface area contributed by atoms with Crippen molar-refractivity contribution in [2.24, 2.45) is 0 Å². The number of carbonyl (C=O) groups excluding carboxylic acids is 1. The van der Waals surface area contributed by atoms with Gasteiger partial charge in [0.05, 0.1) is 12.1 Å². The molecule has 2 amide bonds. The number of rotatable bonds is 4. The van der Waals surface area contributed by atoms with E-state index in [1.54, 1.807) is 6.20 Å². The molecule has 0 bridgehead atoms. The summed E-state index contributed by atoms with van der Waals surface area (Å²) >= 11 is 0. The van der Waals surface area contributed by atoms with E-state index >= 15 is 0 Å². The van der Waals surface area contributed by atoms with Gasteiger partial charge in [0.15, 0.2) is 0 Å². The lowest BCUT2D eigenvalue weighted by molar-refractivity contribution is 0.122. The molecule has 3 rings (SSSR count). The summed E-state index contributed by atoms with van der Waals surface area (Å²) in [5.41, 5.74) is 3.21. The Bertz CT molecular complexity index is 711. The van der Waals surface area contributed by atoms with Gasteiger partial charge < -0.3 is 15.3 Å². The lowest BCUT2D eigenvalue weighted by Crippen LogP contribution is -2.52. The summed E-state index contributed by atoms with van der Waals surface area (Å²) in [4.78, 5) is 20.8. The van der Waals surface area contributed by atoms with E-state index in [0.717, 1.165) is 35.1 Å². The molecule has 1 aromatic heterocycles. The van der Waals surface area contributed by atoms with Crippen molar-refractivity contribution >= 4 is 16.9 Å². The Hall–Kier alpha value is -2.18. The summed E-state index contributed by atoms with van der Waals surface area (Å²) in [6.45, 7) is 6.40. The number of pyridine rings is 1. The van der Waals surface area contributed by atoms with Crippen molar-refractivity contribution in [3.8, 4) is 0 Å². The van der Waals surface area contributed by atoms with Gasteiger partial charge in [-0.15, -0.1) is 0 Å². The van der Waals surface area contributed by atoms with E-state index in [4.69, 9.17) is 5.11 Å². The first kappa shape index (κ1) is 16.7. The Morgan fingerprint density at radius 2 is 2.04 bits per heavy atom. The zero-order chi connectivity index (χ0) is 16.9. The monoisotopic (exact) mass is 328 g/mol. The van der Waals surface area contributed by atoms with Crippen LogP contribution >= 0.6 is 0 Å². The number of carbonyl (C=O) groups is 1. The van der Waals surface area contributed by atoms with E-state index in [2.05, 4.69) is 21.3 Å². The van der Waals surface area contributed by atoms with Gasteiger partial charge in [0.2, 0.25) is 0 Å². The number of aromatic nitrogens is 1. The maximum absolute atomic E-state index is 12.4. The number of aryl methyl sites for hydroxylation is 1. The molecule has 0 aliphatic carbocycles.